The van der Waals surface area contributed by atoms with E-state index in [-0.39, 0.29) is 31.0 Å². The molecule has 4 rings (SSSR count). The number of esters is 1. The van der Waals surface area contributed by atoms with Crippen molar-refractivity contribution in [1.82, 2.24) is 16.1 Å². The molecule has 0 unspecified atom stereocenters. The van der Waals surface area contributed by atoms with Crippen LogP contribution in [0.4, 0.5) is 16.2 Å². The van der Waals surface area contributed by atoms with Crippen LogP contribution in [0.3, 0.4) is 0 Å². The van der Waals surface area contributed by atoms with Crippen molar-refractivity contribution in [3.63, 3.8) is 0 Å². The summed E-state index contributed by atoms with van der Waals surface area (Å²) in [4.78, 5) is 81.4. The number of fused-ring (bicyclic) bond motifs is 2. The van der Waals surface area contributed by atoms with Crippen LogP contribution in [0, 0.1) is 0 Å². The van der Waals surface area contributed by atoms with E-state index in [1.807, 2.05) is 36.6 Å². The van der Waals surface area contributed by atoms with Gasteiger partial charge in [-0.1, -0.05) is 55.5 Å². The Morgan fingerprint density at radius 1 is 1.00 bits per heavy atom. The molecule has 2 atom stereocenters. The van der Waals surface area contributed by atoms with Gasteiger partial charge in [0.2, 0.25) is 11.8 Å². The van der Waals surface area contributed by atoms with E-state index in [2.05, 4.69) is 15.7 Å². The molecule has 1 heterocycles. The number of hydrazone groups is 1. The second-order valence-electron chi connectivity index (χ2n) is 12.4. The Bertz CT molecular complexity index is 1760. The Morgan fingerprint density at radius 2 is 1.67 bits per heavy atom. The average Bonchev–Trinajstić information content (AvgIpc) is 3.14. The maximum atomic E-state index is 14.3. The molecule has 0 fully saturated rings. The number of hydrogen-bond acceptors (Lipinski definition) is 8. The van der Waals surface area contributed by atoms with Gasteiger partial charge in [-0.2, -0.15) is 5.10 Å². The van der Waals surface area contributed by atoms with E-state index in [0.29, 0.717) is 23.1 Å². The molecular formula is C35H41N7O7. The molecule has 3 aromatic rings. The van der Waals surface area contributed by atoms with Crippen molar-refractivity contribution in [3.8, 4) is 0 Å². The highest BCUT2D eigenvalue weighted by molar-refractivity contribution is 6.13. The summed E-state index contributed by atoms with van der Waals surface area (Å²) in [6.45, 7) is 6.21. The van der Waals surface area contributed by atoms with Crippen LogP contribution in [0.2, 0.25) is 0 Å². The van der Waals surface area contributed by atoms with Gasteiger partial charge in [0.15, 0.2) is 0 Å². The zero-order valence-corrected chi connectivity index (χ0v) is 27.9. The van der Waals surface area contributed by atoms with Crippen LogP contribution in [0.1, 0.15) is 57.3 Å². The number of nitrogens with two attached hydrogens (primary N) is 1. The van der Waals surface area contributed by atoms with Gasteiger partial charge in [0, 0.05) is 18.2 Å². The van der Waals surface area contributed by atoms with E-state index in [9.17, 15) is 28.8 Å². The molecule has 0 saturated heterocycles. The van der Waals surface area contributed by atoms with Gasteiger partial charge in [0.25, 0.3) is 11.8 Å². The van der Waals surface area contributed by atoms with Crippen LogP contribution in [0.25, 0.3) is 10.8 Å². The van der Waals surface area contributed by atoms with Crippen molar-refractivity contribution < 1.29 is 33.5 Å². The minimum Gasteiger partial charge on any atom is -0.460 e. The lowest BCUT2D eigenvalue weighted by atomic mass is 10.0. The number of para-hydroxylation sites is 2. The van der Waals surface area contributed by atoms with Crippen molar-refractivity contribution in [2.24, 2.45) is 10.8 Å². The largest absolute Gasteiger partial charge is 0.460 e. The number of rotatable bonds is 11. The molecule has 3 aromatic carbocycles. The normalized spacial score (nSPS) is 15.3. The minimum atomic E-state index is -1.23. The summed E-state index contributed by atoms with van der Waals surface area (Å²) >= 11 is 0. The summed E-state index contributed by atoms with van der Waals surface area (Å²) in [6, 6.07) is 16.0. The molecule has 49 heavy (non-hydrogen) atoms. The first-order valence-electron chi connectivity index (χ1n) is 15.9. The molecule has 1 aliphatic rings. The zero-order valence-electron chi connectivity index (χ0n) is 27.9. The molecule has 6 amide bonds. The smallest absolute Gasteiger partial charge is 0.332 e. The van der Waals surface area contributed by atoms with Crippen LogP contribution in [-0.4, -0.2) is 72.6 Å². The van der Waals surface area contributed by atoms with E-state index in [4.69, 9.17) is 10.5 Å². The van der Waals surface area contributed by atoms with Crippen molar-refractivity contribution in [3.05, 3.63) is 72.3 Å². The fraction of sp³-hybridized carbons (Fsp3) is 0.343. The zero-order chi connectivity index (χ0) is 35.7. The summed E-state index contributed by atoms with van der Waals surface area (Å²) < 4.78 is 5.37. The van der Waals surface area contributed by atoms with Crippen LogP contribution in [0.15, 0.2) is 71.8 Å². The van der Waals surface area contributed by atoms with Gasteiger partial charge in [0.05, 0.1) is 30.4 Å². The summed E-state index contributed by atoms with van der Waals surface area (Å²) in [7, 11) is 0. The highest BCUT2D eigenvalue weighted by Crippen LogP contribution is 2.33. The molecule has 0 radical (unpaired) electrons. The van der Waals surface area contributed by atoms with Gasteiger partial charge < -0.3 is 26.0 Å². The van der Waals surface area contributed by atoms with Crippen molar-refractivity contribution in [2.75, 3.05) is 22.9 Å². The first kappa shape index (κ1) is 36.1. The number of nitrogens with zero attached hydrogens (tertiary/aromatic N) is 3. The molecule has 14 nitrogen and oxygen atoms in total. The van der Waals surface area contributed by atoms with Gasteiger partial charge in [-0.15, -0.1) is 0 Å². The van der Waals surface area contributed by atoms with E-state index in [0.717, 1.165) is 11.6 Å². The van der Waals surface area contributed by atoms with E-state index < -0.39 is 54.0 Å². The van der Waals surface area contributed by atoms with Crippen LogP contribution in [-0.2, 0) is 23.9 Å². The molecule has 0 aliphatic carbocycles. The first-order valence-corrected chi connectivity index (χ1v) is 15.9. The topological polar surface area (TPSA) is 193 Å². The average molecular weight is 672 g/mol. The Morgan fingerprint density at radius 3 is 2.37 bits per heavy atom. The molecule has 258 valence electrons. The molecule has 1 aliphatic heterocycles. The molecule has 0 aromatic heterocycles. The van der Waals surface area contributed by atoms with Crippen LogP contribution in [0.5, 0.6) is 0 Å². The molecule has 5 N–H and O–H groups in total. The highest BCUT2D eigenvalue weighted by atomic mass is 16.6. The summed E-state index contributed by atoms with van der Waals surface area (Å²) in [6.07, 6.45) is 1.51. The highest BCUT2D eigenvalue weighted by Gasteiger charge is 2.38. The maximum Gasteiger partial charge on any atom is 0.332 e. The van der Waals surface area contributed by atoms with E-state index in [1.165, 1.54) is 9.80 Å². The summed E-state index contributed by atoms with van der Waals surface area (Å²) in [5, 5.41) is 10.7. The van der Waals surface area contributed by atoms with Gasteiger partial charge >= 0.3 is 12.0 Å². The monoisotopic (exact) mass is 671 g/mol. The molecule has 0 spiro atoms. The van der Waals surface area contributed by atoms with Crippen LogP contribution < -0.4 is 31.6 Å². The second-order valence-corrected chi connectivity index (χ2v) is 12.4. The second kappa shape index (κ2) is 15.9. The molecule has 0 saturated carbocycles. The Balaban J connectivity index is 1.66. The fourth-order valence-electron chi connectivity index (χ4n) is 5.39. The number of hydrogen-bond donors (Lipinski definition) is 4. The Hall–Kier alpha value is -5.79. The minimum absolute atomic E-state index is 0.171. The third-order valence-corrected chi connectivity index (χ3v) is 7.38. The Labute approximate surface area is 284 Å². The quantitative estimate of drug-likeness (QED) is 0.137. The number of urea groups is 1. The lowest BCUT2D eigenvalue weighted by Crippen LogP contribution is -2.54. The maximum absolute atomic E-state index is 14.3. The number of carbonyl (C=O) groups excluding carboxylic acids is 6. The number of benzene rings is 3. The predicted octanol–water partition coefficient (Wildman–Crippen LogP) is 2.99. The lowest BCUT2D eigenvalue weighted by Gasteiger charge is -2.26. The van der Waals surface area contributed by atoms with Gasteiger partial charge in [-0.3, -0.25) is 28.9 Å². The van der Waals surface area contributed by atoms with E-state index >= 15 is 0 Å². The number of ether oxygens (including phenoxy) is 1. The van der Waals surface area contributed by atoms with Gasteiger partial charge in [-0.05, 0) is 56.2 Å². The van der Waals surface area contributed by atoms with E-state index in [1.54, 1.807) is 63.2 Å². The van der Waals surface area contributed by atoms with Crippen LogP contribution >= 0.6 is 0 Å². The van der Waals surface area contributed by atoms with Gasteiger partial charge in [-0.25, -0.2) is 10.2 Å². The van der Waals surface area contributed by atoms with Crippen molar-refractivity contribution in [1.29, 1.82) is 0 Å². The van der Waals surface area contributed by atoms with Crippen molar-refractivity contribution >= 4 is 64.0 Å². The molecule has 0 bridgehead atoms. The van der Waals surface area contributed by atoms with Gasteiger partial charge in [0.1, 0.15) is 18.2 Å². The fourth-order valence-corrected chi connectivity index (χ4v) is 5.39. The molecule has 14 heteroatoms. The number of anilines is 2. The first-order chi connectivity index (χ1) is 23.3. The number of amides is 6. The summed E-state index contributed by atoms with van der Waals surface area (Å²) in [5.74, 6) is -2.76. The SMILES string of the molecule is CCCC(=O)N1C[C@H](NC(=O)c2cccc3ccccc23)C(=O)N(CC(=O)N[C@H](/C=N\NC(N)=O)CC(=O)OC(C)(C)C)c2ccccc21. The predicted molar refractivity (Wildman–Crippen MR) is 185 cm³/mol. The van der Waals surface area contributed by atoms with Crippen molar-refractivity contribution in [2.45, 2.75) is 64.6 Å². The summed E-state index contributed by atoms with van der Waals surface area (Å²) in [5.41, 5.74) is 7.31. The number of carbonyl (C=O) groups is 6. The molecular weight excluding hydrogens is 630 g/mol. The number of primary amides is 1. The third-order valence-electron chi connectivity index (χ3n) is 7.38. The third kappa shape index (κ3) is 9.62. The lowest BCUT2D eigenvalue weighted by molar-refractivity contribution is -0.155. The standard InChI is InChI=1S/C35H41N7O7/c1-5-11-30(44)41-20-26(39-32(46)25-15-10-13-22-12-6-7-14-24(22)25)33(47)42(28-17-9-8-16-27(28)41)21-29(43)38-23(19-37-40-34(36)48)18-31(45)49-35(2,3)4/h6-10,12-17,19,23,26H,5,11,18,20-21H2,1-4H3,(H,38,43)(H,39,46)(H3,36,40,48)/b37-19-/t23-,26-/m0/s1. The Kier molecular flexibility index (Phi) is 11.7. The number of nitrogens with one attached hydrogen (secondary N) is 3.